The van der Waals surface area contributed by atoms with Crippen LogP contribution in [0.2, 0.25) is 19.1 Å². The van der Waals surface area contributed by atoms with Crippen LogP contribution in [-0.2, 0) is 0 Å². The van der Waals surface area contributed by atoms with E-state index in [1.807, 2.05) is 0 Å². The average molecular weight is 487 g/mol. The van der Waals surface area contributed by atoms with Gasteiger partial charge in [0, 0.05) is 0 Å². The van der Waals surface area contributed by atoms with Crippen molar-refractivity contribution < 1.29 is 0 Å². The van der Waals surface area contributed by atoms with Crippen LogP contribution in [0.5, 0.6) is 0 Å². The lowest BCUT2D eigenvalue weighted by molar-refractivity contribution is 0.427. The average Bonchev–Trinajstić information content (AvgIpc) is 2.74. The molecule has 2 heteroatoms. The van der Waals surface area contributed by atoms with Crippen LogP contribution in [-0.4, -0.2) is 7.38 Å². The Balaban J connectivity index is 3.66. The van der Waals surface area contributed by atoms with Crippen LogP contribution >= 0.6 is 11.1 Å². The molecule has 0 radical (unpaired) electrons. The third-order valence-corrected chi connectivity index (χ3v) is 9.22. The smallest absolute Gasteiger partial charge is 0.150 e. The van der Waals surface area contributed by atoms with Crippen molar-refractivity contribution in [2.45, 2.75) is 187 Å². The Morgan fingerprint density at radius 2 is 0.688 bits per heavy atom. The van der Waals surface area contributed by atoms with Crippen molar-refractivity contribution in [2.24, 2.45) is 5.92 Å². The maximum Gasteiger partial charge on any atom is 0.150 e. The summed E-state index contributed by atoms with van der Waals surface area (Å²) in [6.45, 7) is 9.31. The van der Waals surface area contributed by atoms with Gasteiger partial charge < -0.3 is 0 Å². The highest BCUT2D eigenvalue weighted by atomic mass is 35.6. The normalized spacial score (nSPS) is 13.0. The van der Waals surface area contributed by atoms with Gasteiger partial charge in [-0.3, -0.25) is 0 Å². The molecule has 0 heterocycles. The highest BCUT2D eigenvalue weighted by molar-refractivity contribution is 7.19. The second-order valence-corrected chi connectivity index (χ2v) is 18.4. The second-order valence-electron chi connectivity index (χ2n) is 11.4. The molecule has 1 atom stereocenters. The van der Waals surface area contributed by atoms with Crippen LogP contribution < -0.4 is 0 Å². The predicted octanol–water partition coefficient (Wildman–Crippen LogP) is 12.4. The van der Waals surface area contributed by atoms with Crippen molar-refractivity contribution in [1.82, 2.24) is 0 Å². The number of hydrogen-bond donors (Lipinski definition) is 0. The van der Waals surface area contributed by atoms with E-state index in [0.29, 0.717) is 0 Å². The van der Waals surface area contributed by atoms with Gasteiger partial charge in [-0.05, 0) is 12.0 Å². The van der Waals surface area contributed by atoms with Crippen LogP contribution in [0.4, 0.5) is 0 Å². The first-order chi connectivity index (χ1) is 15.5. The van der Waals surface area contributed by atoms with Gasteiger partial charge in [-0.15, -0.1) is 0 Å². The molecule has 194 valence electrons. The summed E-state index contributed by atoms with van der Waals surface area (Å²) in [4.78, 5) is 0. The molecule has 0 unspecified atom stereocenters. The minimum atomic E-state index is -1.45. The summed E-state index contributed by atoms with van der Waals surface area (Å²) in [5.74, 6) is 0.909. The number of unbranched alkanes of at least 4 members (excludes halogenated alkanes) is 20. The van der Waals surface area contributed by atoms with E-state index in [0.717, 1.165) is 5.92 Å². The van der Waals surface area contributed by atoms with Crippen molar-refractivity contribution in [3.63, 3.8) is 0 Å². The molecule has 32 heavy (non-hydrogen) atoms. The minimum Gasteiger partial charge on any atom is -0.168 e. The fraction of sp³-hybridized carbons (Fsp3) is 1.00. The first-order valence-corrected chi connectivity index (χ1v) is 19.4. The third-order valence-electron chi connectivity index (χ3n) is 7.21. The summed E-state index contributed by atoms with van der Waals surface area (Å²) < 4.78 is 0. The van der Waals surface area contributed by atoms with Crippen LogP contribution in [0.25, 0.3) is 0 Å². The Kier molecular flexibility index (Phi) is 25.0. The zero-order valence-electron chi connectivity index (χ0n) is 23.1. The monoisotopic (exact) mass is 486 g/mol. The second kappa shape index (κ2) is 24.6. The Hall–Kier alpha value is 0.507. The zero-order chi connectivity index (χ0) is 23.8. The predicted molar refractivity (Wildman–Crippen MR) is 154 cm³/mol. The lowest BCUT2D eigenvalue weighted by Gasteiger charge is -2.23. The van der Waals surface area contributed by atoms with Crippen molar-refractivity contribution in [1.29, 1.82) is 0 Å². The lowest BCUT2D eigenvalue weighted by Crippen LogP contribution is -2.21. The van der Waals surface area contributed by atoms with Gasteiger partial charge in [0.1, 0.15) is 0 Å². The van der Waals surface area contributed by atoms with E-state index in [2.05, 4.69) is 26.9 Å². The van der Waals surface area contributed by atoms with Crippen molar-refractivity contribution in [2.75, 3.05) is 0 Å². The van der Waals surface area contributed by atoms with Crippen molar-refractivity contribution in [3.8, 4) is 0 Å². The van der Waals surface area contributed by atoms with Crippen molar-refractivity contribution in [3.05, 3.63) is 0 Å². The molecule has 0 aliphatic rings. The first-order valence-electron chi connectivity index (χ1n) is 15.2. The molecule has 0 bridgehead atoms. The van der Waals surface area contributed by atoms with E-state index in [1.165, 1.54) is 160 Å². The Bertz CT molecular complexity index is 349. The summed E-state index contributed by atoms with van der Waals surface area (Å²) in [5, 5.41) is 0. The Morgan fingerprint density at radius 3 is 0.938 bits per heavy atom. The fourth-order valence-electron chi connectivity index (χ4n) is 5.23. The standard InChI is InChI=1S/C30H63ClSi/c1-5-7-9-11-13-15-17-18-20-22-24-26-28-30(29-32(3,4)31)27-25-23-21-19-16-14-12-10-8-6-2/h30H,5-29H2,1-4H3/t30-/m0/s1. The Morgan fingerprint density at radius 1 is 0.438 bits per heavy atom. The molecule has 0 aromatic carbocycles. The van der Waals surface area contributed by atoms with Gasteiger partial charge in [-0.25, -0.2) is 0 Å². The fourth-order valence-corrected chi connectivity index (χ4v) is 7.67. The highest BCUT2D eigenvalue weighted by Crippen LogP contribution is 2.29. The molecule has 0 aliphatic heterocycles. The minimum absolute atomic E-state index is 0.909. The topological polar surface area (TPSA) is 0 Å². The molecule has 0 amide bonds. The molecule has 0 nitrogen and oxygen atoms in total. The highest BCUT2D eigenvalue weighted by Gasteiger charge is 2.22. The summed E-state index contributed by atoms with van der Waals surface area (Å²) in [5.41, 5.74) is 0. The zero-order valence-corrected chi connectivity index (χ0v) is 24.9. The molecule has 0 aromatic heterocycles. The first kappa shape index (κ1) is 32.5. The van der Waals surface area contributed by atoms with E-state index in [1.54, 1.807) is 0 Å². The van der Waals surface area contributed by atoms with Crippen LogP contribution in [0.1, 0.15) is 168 Å². The molecule has 0 rings (SSSR count). The summed E-state index contributed by atoms with van der Waals surface area (Å²) in [6.07, 6.45) is 34.8. The van der Waals surface area contributed by atoms with Gasteiger partial charge in [0.2, 0.25) is 0 Å². The summed E-state index contributed by atoms with van der Waals surface area (Å²) in [7, 11) is -1.45. The van der Waals surface area contributed by atoms with Crippen LogP contribution in [0.3, 0.4) is 0 Å². The van der Waals surface area contributed by atoms with Gasteiger partial charge in [0.25, 0.3) is 0 Å². The van der Waals surface area contributed by atoms with Gasteiger partial charge in [-0.1, -0.05) is 181 Å². The molecule has 0 spiro atoms. The molecule has 0 aromatic rings. The van der Waals surface area contributed by atoms with E-state index in [-0.39, 0.29) is 0 Å². The molecule has 0 aliphatic carbocycles. The van der Waals surface area contributed by atoms with Gasteiger partial charge in [0.05, 0.1) is 0 Å². The lowest BCUT2D eigenvalue weighted by atomic mass is 9.95. The Labute approximate surface area is 211 Å². The number of rotatable bonds is 26. The van der Waals surface area contributed by atoms with E-state index in [4.69, 9.17) is 11.1 Å². The van der Waals surface area contributed by atoms with E-state index >= 15 is 0 Å². The third kappa shape index (κ3) is 26.8. The van der Waals surface area contributed by atoms with Gasteiger partial charge in [0.15, 0.2) is 7.38 Å². The van der Waals surface area contributed by atoms with E-state index in [9.17, 15) is 0 Å². The molecular weight excluding hydrogens is 424 g/mol. The van der Waals surface area contributed by atoms with Crippen LogP contribution in [0, 0.1) is 5.92 Å². The van der Waals surface area contributed by atoms with Gasteiger partial charge in [-0.2, -0.15) is 11.1 Å². The molecule has 0 fully saturated rings. The molecule has 0 saturated heterocycles. The number of hydrogen-bond acceptors (Lipinski definition) is 0. The largest absolute Gasteiger partial charge is 0.168 e. The maximum atomic E-state index is 6.75. The molecule has 0 saturated carbocycles. The van der Waals surface area contributed by atoms with Crippen LogP contribution in [0.15, 0.2) is 0 Å². The summed E-state index contributed by atoms with van der Waals surface area (Å²) in [6, 6.07) is 1.34. The maximum absolute atomic E-state index is 6.75. The SMILES string of the molecule is CCCCCCCCCCCCCC[C@H](CCCCCCCCCCCC)C[Si](C)(C)Cl. The molecule has 0 N–H and O–H groups in total. The quantitative estimate of drug-likeness (QED) is 0.0647. The summed E-state index contributed by atoms with van der Waals surface area (Å²) >= 11 is 6.75. The van der Waals surface area contributed by atoms with E-state index < -0.39 is 7.38 Å². The van der Waals surface area contributed by atoms with Gasteiger partial charge >= 0.3 is 0 Å². The van der Waals surface area contributed by atoms with Crippen molar-refractivity contribution >= 4 is 18.5 Å². The number of halogens is 1. The molecular formula is C30H63ClSi.